The predicted molar refractivity (Wildman–Crippen MR) is 123 cm³/mol. The van der Waals surface area contributed by atoms with E-state index in [9.17, 15) is 19.7 Å². The molecule has 0 aliphatic carbocycles. The van der Waals surface area contributed by atoms with Crippen molar-refractivity contribution in [1.29, 1.82) is 0 Å². The summed E-state index contributed by atoms with van der Waals surface area (Å²) < 4.78 is 16.3. The van der Waals surface area contributed by atoms with E-state index in [1.807, 2.05) is 0 Å². The normalized spacial score (nSPS) is 11.9. The average molecular weight is 480 g/mol. The molecule has 0 saturated heterocycles. The molecular weight excluding hydrogens is 466 g/mol. The van der Waals surface area contributed by atoms with Gasteiger partial charge in [0.25, 0.3) is 17.5 Å². The minimum absolute atomic E-state index is 0.0160. The summed E-state index contributed by atoms with van der Waals surface area (Å²) in [6.45, 7) is 0.0900. The van der Waals surface area contributed by atoms with Crippen molar-refractivity contribution in [3.63, 3.8) is 0 Å². The van der Waals surface area contributed by atoms with Crippen LogP contribution in [-0.4, -0.2) is 23.5 Å². The number of anilines is 2. The third-order valence-corrected chi connectivity index (χ3v) is 5.41. The Morgan fingerprint density at radius 2 is 1.74 bits per heavy atom. The van der Waals surface area contributed by atoms with Gasteiger partial charge in [0.2, 0.25) is 12.6 Å². The first kappa shape index (κ1) is 21.3. The van der Waals surface area contributed by atoms with Crippen molar-refractivity contribution in [2.24, 2.45) is 0 Å². The molecule has 2 N–H and O–H groups in total. The summed E-state index contributed by atoms with van der Waals surface area (Å²) in [5.74, 6) is -0.485. The number of amides is 2. The molecule has 1 aromatic heterocycles. The van der Waals surface area contributed by atoms with Gasteiger partial charge >= 0.3 is 0 Å². The third kappa shape index (κ3) is 3.86. The maximum atomic E-state index is 13.1. The number of hydrogen-bond donors (Lipinski definition) is 2. The topological polar surface area (TPSA) is 133 Å². The van der Waals surface area contributed by atoms with Crippen LogP contribution in [-0.2, 0) is 0 Å². The van der Waals surface area contributed by atoms with Gasteiger partial charge in [-0.1, -0.05) is 23.7 Å². The van der Waals surface area contributed by atoms with E-state index in [0.717, 1.165) is 6.07 Å². The lowest BCUT2D eigenvalue weighted by atomic mass is 10.1. The highest BCUT2D eigenvalue weighted by Crippen LogP contribution is 2.36. The second-order valence-corrected chi connectivity index (χ2v) is 7.61. The molecule has 5 rings (SSSR count). The highest BCUT2D eigenvalue weighted by atomic mass is 35.5. The van der Waals surface area contributed by atoms with Crippen LogP contribution in [0.3, 0.4) is 0 Å². The quantitative estimate of drug-likeness (QED) is 0.296. The molecule has 3 aromatic carbocycles. The van der Waals surface area contributed by atoms with Crippen LogP contribution in [0.25, 0.3) is 11.0 Å². The third-order valence-electron chi connectivity index (χ3n) is 5.08. The molecule has 1 aliphatic heterocycles. The Morgan fingerprint density at radius 3 is 2.56 bits per heavy atom. The summed E-state index contributed by atoms with van der Waals surface area (Å²) in [6.07, 6.45) is 0. The summed E-state index contributed by atoms with van der Waals surface area (Å²) in [6, 6.07) is 15.1. The van der Waals surface area contributed by atoms with Gasteiger partial charge in [0, 0.05) is 29.3 Å². The van der Waals surface area contributed by atoms with Crippen LogP contribution in [0.2, 0.25) is 5.02 Å². The lowest BCUT2D eigenvalue weighted by molar-refractivity contribution is -0.384. The summed E-state index contributed by atoms with van der Waals surface area (Å²) >= 11 is 6.10. The van der Waals surface area contributed by atoms with Crippen molar-refractivity contribution < 1.29 is 28.4 Å². The number of nitro groups is 1. The largest absolute Gasteiger partial charge is 0.454 e. The SMILES string of the molecule is O=C(Nc1c(C(=O)Nc2ccc3c(c2)OCO3)oc2ccccc12)c1cc([N+](=O)[O-])ccc1Cl. The number of nitro benzene ring substituents is 1. The number of para-hydroxylation sites is 1. The maximum Gasteiger partial charge on any atom is 0.293 e. The van der Waals surface area contributed by atoms with Gasteiger partial charge in [0.1, 0.15) is 11.3 Å². The van der Waals surface area contributed by atoms with Crippen LogP contribution < -0.4 is 20.1 Å². The second-order valence-electron chi connectivity index (χ2n) is 7.20. The van der Waals surface area contributed by atoms with Crippen molar-refractivity contribution >= 4 is 51.4 Å². The van der Waals surface area contributed by atoms with Crippen LogP contribution in [0, 0.1) is 10.1 Å². The standard InChI is InChI=1S/C23H14ClN3O7/c24-16-7-6-13(27(30)31)10-15(16)22(28)26-20-14-3-1-2-4-17(14)34-21(20)23(29)25-12-5-8-18-19(9-12)33-11-32-18/h1-10H,11H2,(H,25,29)(H,26,28). The Hall–Kier alpha value is -4.57. The number of nitrogens with zero attached hydrogens (tertiary/aromatic N) is 1. The predicted octanol–water partition coefficient (Wildman–Crippen LogP) is 5.23. The first-order chi connectivity index (χ1) is 16.4. The van der Waals surface area contributed by atoms with Crippen molar-refractivity contribution in [2.45, 2.75) is 0 Å². The Balaban J connectivity index is 1.49. The number of benzene rings is 3. The number of ether oxygens (including phenoxy) is 2. The zero-order valence-electron chi connectivity index (χ0n) is 17.2. The van der Waals surface area contributed by atoms with Gasteiger partial charge in [-0.25, -0.2) is 0 Å². The first-order valence-electron chi connectivity index (χ1n) is 9.88. The minimum atomic E-state index is -0.739. The van der Waals surface area contributed by atoms with Crippen LogP contribution in [0.5, 0.6) is 11.5 Å². The van der Waals surface area contributed by atoms with Crippen molar-refractivity contribution in [1.82, 2.24) is 0 Å². The second kappa shape index (κ2) is 8.41. The first-order valence-corrected chi connectivity index (χ1v) is 10.3. The molecule has 2 amide bonds. The lowest BCUT2D eigenvalue weighted by Crippen LogP contribution is -2.17. The van der Waals surface area contributed by atoms with Gasteiger partial charge in [-0.3, -0.25) is 19.7 Å². The van der Waals surface area contributed by atoms with Crippen LogP contribution in [0.4, 0.5) is 17.1 Å². The molecule has 34 heavy (non-hydrogen) atoms. The summed E-state index contributed by atoms with van der Waals surface area (Å²) in [7, 11) is 0. The number of rotatable bonds is 5. The molecule has 0 atom stereocenters. The number of halogens is 1. The van der Waals surface area contributed by atoms with E-state index in [1.54, 1.807) is 42.5 Å². The van der Waals surface area contributed by atoms with Gasteiger partial charge in [-0.2, -0.15) is 0 Å². The Bertz CT molecular complexity index is 1480. The fourth-order valence-corrected chi connectivity index (χ4v) is 3.68. The molecular formula is C23H14ClN3O7. The molecule has 0 unspecified atom stereocenters. The highest BCUT2D eigenvalue weighted by molar-refractivity contribution is 6.34. The van der Waals surface area contributed by atoms with E-state index in [-0.39, 0.29) is 34.5 Å². The van der Waals surface area contributed by atoms with Crippen molar-refractivity contribution in [3.05, 3.63) is 87.1 Å². The fourth-order valence-electron chi connectivity index (χ4n) is 3.47. The zero-order valence-corrected chi connectivity index (χ0v) is 17.9. The van der Waals surface area contributed by atoms with Gasteiger partial charge in [0.05, 0.1) is 15.5 Å². The molecule has 0 spiro atoms. The molecule has 170 valence electrons. The Morgan fingerprint density at radius 1 is 0.941 bits per heavy atom. The van der Waals surface area contributed by atoms with Crippen molar-refractivity contribution in [3.8, 4) is 11.5 Å². The fraction of sp³-hybridized carbons (Fsp3) is 0.0435. The smallest absolute Gasteiger partial charge is 0.293 e. The zero-order chi connectivity index (χ0) is 23.8. The molecule has 0 bridgehead atoms. The number of hydrogen-bond acceptors (Lipinski definition) is 7. The van der Waals surface area contributed by atoms with E-state index in [0.29, 0.717) is 28.2 Å². The molecule has 10 nitrogen and oxygen atoms in total. The van der Waals surface area contributed by atoms with Crippen molar-refractivity contribution in [2.75, 3.05) is 17.4 Å². The minimum Gasteiger partial charge on any atom is -0.454 e. The summed E-state index contributed by atoms with van der Waals surface area (Å²) in [5, 5.41) is 16.9. The van der Waals surface area contributed by atoms with Crippen LogP contribution >= 0.6 is 11.6 Å². The molecule has 4 aromatic rings. The Kier molecular flexibility index (Phi) is 5.27. The average Bonchev–Trinajstić information content (AvgIpc) is 3.43. The number of carbonyl (C=O) groups is 2. The van der Waals surface area contributed by atoms with Crippen LogP contribution in [0.1, 0.15) is 20.9 Å². The molecule has 11 heteroatoms. The van der Waals surface area contributed by atoms with Crippen LogP contribution in [0.15, 0.2) is 65.1 Å². The number of fused-ring (bicyclic) bond motifs is 2. The van der Waals surface area contributed by atoms with E-state index >= 15 is 0 Å². The molecule has 2 heterocycles. The van der Waals surface area contributed by atoms with Gasteiger partial charge < -0.3 is 24.5 Å². The molecule has 0 radical (unpaired) electrons. The lowest BCUT2D eigenvalue weighted by Gasteiger charge is -2.09. The highest BCUT2D eigenvalue weighted by Gasteiger charge is 2.25. The van der Waals surface area contributed by atoms with Gasteiger partial charge in [0.15, 0.2) is 11.5 Å². The van der Waals surface area contributed by atoms with E-state index in [2.05, 4.69) is 10.6 Å². The number of furan rings is 1. The number of non-ortho nitro benzene ring substituents is 1. The van der Waals surface area contributed by atoms with E-state index in [4.69, 9.17) is 25.5 Å². The van der Waals surface area contributed by atoms with E-state index < -0.39 is 16.7 Å². The summed E-state index contributed by atoms with van der Waals surface area (Å²) in [5.41, 5.74) is 0.463. The molecule has 1 aliphatic rings. The van der Waals surface area contributed by atoms with Gasteiger partial charge in [-0.05, 0) is 30.3 Å². The number of nitrogens with one attached hydrogen (secondary N) is 2. The number of carbonyl (C=O) groups excluding carboxylic acids is 2. The maximum absolute atomic E-state index is 13.1. The van der Waals surface area contributed by atoms with E-state index in [1.165, 1.54) is 12.1 Å². The Labute approximate surface area is 196 Å². The summed E-state index contributed by atoms with van der Waals surface area (Å²) in [4.78, 5) is 36.6. The molecule has 0 saturated carbocycles. The monoisotopic (exact) mass is 479 g/mol. The molecule has 0 fully saturated rings. The van der Waals surface area contributed by atoms with Gasteiger partial charge in [-0.15, -0.1) is 0 Å².